The number of hydrogen-bond acceptors (Lipinski definition) is 8. The Balaban J connectivity index is 1.74. The lowest BCUT2D eigenvalue weighted by molar-refractivity contribution is -0.119. The van der Waals surface area contributed by atoms with Crippen molar-refractivity contribution in [1.29, 1.82) is 0 Å². The number of carbonyl (C=O) groups is 1. The van der Waals surface area contributed by atoms with Crippen LogP contribution in [0, 0.1) is 19.7 Å². The number of nitrogen functional groups attached to an aromatic ring is 1. The Labute approximate surface area is 185 Å². The lowest BCUT2D eigenvalue weighted by Gasteiger charge is -2.25. The van der Waals surface area contributed by atoms with E-state index in [1.165, 1.54) is 13.0 Å². The highest BCUT2D eigenvalue weighted by Gasteiger charge is 2.28. The summed E-state index contributed by atoms with van der Waals surface area (Å²) in [4.78, 5) is 30.9. The first-order valence-corrected chi connectivity index (χ1v) is 10.6. The molecule has 168 valence electrons. The standard InChI is InChI=1S/C22H27FN8O/c1-11-7-15-8-17(12(2)25-22-27-13(3)26-21(24)30-22)20(29-19(15)9-18(11)23)31-6-5-16(10-31)28-14(4)32/h7-9,12,16H,5-6,10H2,1-4H3,(H,28,32)(H3,24,25,26,27,30)/t12-,16+/m0/s1. The van der Waals surface area contributed by atoms with Gasteiger partial charge in [-0.25, -0.2) is 9.37 Å². The molecule has 3 heterocycles. The van der Waals surface area contributed by atoms with Gasteiger partial charge in [0.2, 0.25) is 17.8 Å². The maximum atomic E-state index is 14.2. The molecule has 2 aromatic heterocycles. The van der Waals surface area contributed by atoms with Gasteiger partial charge in [-0.05, 0) is 44.9 Å². The van der Waals surface area contributed by atoms with Crippen molar-refractivity contribution in [3.05, 3.63) is 41.0 Å². The van der Waals surface area contributed by atoms with Crippen molar-refractivity contribution >= 4 is 34.5 Å². The summed E-state index contributed by atoms with van der Waals surface area (Å²) in [6.07, 6.45) is 0.812. The lowest BCUT2D eigenvalue weighted by Crippen LogP contribution is -2.36. The topological polar surface area (TPSA) is 122 Å². The van der Waals surface area contributed by atoms with Crippen LogP contribution in [0.2, 0.25) is 0 Å². The Morgan fingerprint density at radius 3 is 2.72 bits per heavy atom. The number of aryl methyl sites for hydroxylation is 2. The number of carbonyl (C=O) groups excluding carboxylic acids is 1. The fourth-order valence-corrected chi connectivity index (χ4v) is 4.08. The van der Waals surface area contributed by atoms with Crippen LogP contribution in [0.5, 0.6) is 0 Å². The van der Waals surface area contributed by atoms with Gasteiger partial charge in [-0.15, -0.1) is 0 Å². The molecule has 3 aromatic rings. The van der Waals surface area contributed by atoms with Crippen molar-refractivity contribution in [2.75, 3.05) is 29.0 Å². The summed E-state index contributed by atoms with van der Waals surface area (Å²) in [6, 6.07) is 5.11. The number of hydrogen-bond donors (Lipinski definition) is 3. The fraction of sp³-hybridized carbons (Fsp3) is 0.409. The second-order valence-corrected chi connectivity index (χ2v) is 8.26. The quantitative estimate of drug-likeness (QED) is 0.556. The van der Waals surface area contributed by atoms with E-state index in [-0.39, 0.29) is 29.8 Å². The molecular weight excluding hydrogens is 411 g/mol. The first-order valence-electron chi connectivity index (χ1n) is 10.6. The van der Waals surface area contributed by atoms with Crippen LogP contribution in [0.4, 0.5) is 22.1 Å². The molecule has 0 bridgehead atoms. The monoisotopic (exact) mass is 438 g/mol. The van der Waals surface area contributed by atoms with Crippen LogP contribution in [-0.2, 0) is 4.79 Å². The van der Waals surface area contributed by atoms with Gasteiger partial charge in [0.15, 0.2) is 0 Å². The zero-order valence-corrected chi connectivity index (χ0v) is 18.6. The molecule has 10 heteroatoms. The Kier molecular flexibility index (Phi) is 5.77. The third-order valence-corrected chi connectivity index (χ3v) is 5.58. The highest BCUT2D eigenvalue weighted by atomic mass is 19.1. The normalized spacial score (nSPS) is 16.9. The minimum absolute atomic E-state index is 0.0434. The maximum absolute atomic E-state index is 14.2. The second kappa shape index (κ2) is 8.52. The van der Waals surface area contributed by atoms with Gasteiger partial charge < -0.3 is 21.3 Å². The van der Waals surface area contributed by atoms with E-state index >= 15 is 0 Å². The number of anilines is 3. The molecule has 1 aliphatic heterocycles. The van der Waals surface area contributed by atoms with Crippen molar-refractivity contribution in [2.24, 2.45) is 0 Å². The highest BCUT2D eigenvalue weighted by Crippen LogP contribution is 2.33. The number of amides is 1. The number of nitrogens with two attached hydrogens (primary N) is 1. The number of benzene rings is 1. The summed E-state index contributed by atoms with van der Waals surface area (Å²) in [5.41, 5.74) is 7.84. The first kappa shape index (κ1) is 21.7. The Bertz CT molecular complexity index is 1160. The summed E-state index contributed by atoms with van der Waals surface area (Å²) in [5, 5.41) is 7.10. The van der Waals surface area contributed by atoms with Gasteiger partial charge in [0, 0.05) is 43.1 Å². The average Bonchev–Trinajstić information content (AvgIpc) is 3.14. The van der Waals surface area contributed by atoms with Gasteiger partial charge in [-0.2, -0.15) is 15.0 Å². The summed E-state index contributed by atoms with van der Waals surface area (Å²) in [6.45, 7) is 8.35. The van der Waals surface area contributed by atoms with Gasteiger partial charge in [0.25, 0.3) is 0 Å². The molecule has 1 aliphatic rings. The Hall–Kier alpha value is -3.56. The largest absolute Gasteiger partial charge is 0.368 e. The smallest absolute Gasteiger partial charge is 0.228 e. The zero-order chi connectivity index (χ0) is 23.0. The molecular formula is C22H27FN8O. The van der Waals surface area contributed by atoms with Crippen LogP contribution in [0.25, 0.3) is 10.9 Å². The summed E-state index contributed by atoms with van der Waals surface area (Å²) < 4.78 is 14.2. The van der Waals surface area contributed by atoms with E-state index in [2.05, 4.69) is 30.5 Å². The van der Waals surface area contributed by atoms with Crippen LogP contribution in [-0.4, -0.2) is 45.0 Å². The molecule has 0 spiro atoms. The molecule has 32 heavy (non-hydrogen) atoms. The predicted octanol–water partition coefficient (Wildman–Crippen LogP) is 2.65. The van der Waals surface area contributed by atoms with E-state index in [0.717, 1.165) is 29.7 Å². The molecule has 0 saturated carbocycles. The lowest BCUT2D eigenvalue weighted by atomic mass is 10.0. The number of nitrogens with zero attached hydrogens (tertiary/aromatic N) is 5. The van der Waals surface area contributed by atoms with E-state index < -0.39 is 0 Å². The third-order valence-electron chi connectivity index (χ3n) is 5.58. The molecule has 4 rings (SSSR count). The average molecular weight is 439 g/mol. The molecule has 4 N–H and O–H groups in total. The molecule has 9 nitrogen and oxygen atoms in total. The molecule has 0 unspecified atom stereocenters. The van der Waals surface area contributed by atoms with Gasteiger partial charge in [0.05, 0.1) is 11.6 Å². The third kappa shape index (κ3) is 4.53. The van der Waals surface area contributed by atoms with Gasteiger partial charge in [0.1, 0.15) is 17.5 Å². The van der Waals surface area contributed by atoms with Crippen molar-refractivity contribution in [3.8, 4) is 0 Å². The Morgan fingerprint density at radius 2 is 2.00 bits per heavy atom. The van der Waals surface area contributed by atoms with Crippen LogP contribution < -0.4 is 21.3 Å². The summed E-state index contributed by atoms with van der Waals surface area (Å²) in [5.74, 6) is 1.44. The minimum atomic E-state index is -0.288. The van der Waals surface area contributed by atoms with Crippen molar-refractivity contribution in [3.63, 3.8) is 0 Å². The molecule has 0 aliphatic carbocycles. The minimum Gasteiger partial charge on any atom is -0.368 e. The molecule has 1 fully saturated rings. The highest BCUT2D eigenvalue weighted by molar-refractivity contribution is 5.83. The van der Waals surface area contributed by atoms with Crippen molar-refractivity contribution in [2.45, 2.75) is 46.2 Å². The van der Waals surface area contributed by atoms with Crippen molar-refractivity contribution in [1.82, 2.24) is 25.3 Å². The molecule has 1 amide bonds. The van der Waals surface area contributed by atoms with Crippen LogP contribution in [0.1, 0.15) is 43.3 Å². The SMILES string of the molecule is CC(=O)N[C@@H]1CCN(c2nc3cc(F)c(C)cc3cc2[C@H](C)Nc2nc(C)nc(N)n2)C1. The maximum Gasteiger partial charge on any atom is 0.228 e. The van der Waals surface area contributed by atoms with E-state index in [4.69, 9.17) is 10.7 Å². The van der Waals surface area contributed by atoms with Gasteiger partial charge >= 0.3 is 0 Å². The van der Waals surface area contributed by atoms with E-state index in [0.29, 0.717) is 29.4 Å². The van der Waals surface area contributed by atoms with Crippen LogP contribution >= 0.6 is 0 Å². The molecule has 2 atom stereocenters. The second-order valence-electron chi connectivity index (χ2n) is 8.26. The van der Waals surface area contributed by atoms with Crippen LogP contribution in [0.3, 0.4) is 0 Å². The van der Waals surface area contributed by atoms with Gasteiger partial charge in [-0.3, -0.25) is 4.79 Å². The number of nitrogens with one attached hydrogen (secondary N) is 2. The number of aromatic nitrogens is 4. The van der Waals surface area contributed by atoms with E-state index in [9.17, 15) is 9.18 Å². The zero-order valence-electron chi connectivity index (χ0n) is 18.6. The number of fused-ring (bicyclic) bond motifs is 1. The molecule has 1 aromatic carbocycles. The predicted molar refractivity (Wildman–Crippen MR) is 122 cm³/mol. The van der Waals surface area contributed by atoms with Crippen molar-refractivity contribution < 1.29 is 9.18 Å². The van der Waals surface area contributed by atoms with Gasteiger partial charge in [-0.1, -0.05) is 0 Å². The number of pyridine rings is 1. The Morgan fingerprint density at radius 1 is 1.22 bits per heavy atom. The molecule has 0 radical (unpaired) electrons. The summed E-state index contributed by atoms with van der Waals surface area (Å²) >= 11 is 0. The van der Waals surface area contributed by atoms with Crippen LogP contribution in [0.15, 0.2) is 18.2 Å². The first-order chi connectivity index (χ1) is 15.2. The van der Waals surface area contributed by atoms with E-state index in [1.54, 1.807) is 19.9 Å². The number of rotatable bonds is 5. The number of halogens is 1. The fourth-order valence-electron chi connectivity index (χ4n) is 4.08. The van der Waals surface area contributed by atoms with E-state index in [1.807, 2.05) is 13.0 Å². The summed E-state index contributed by atoms with van der Waals surface area (Å²) in [7, 11) is 0. The molecule has 1 saturated heterocycles.